The molecule has 4 rings (SSSR count). The van der Waals surface area contributed by atoms with Gasteiger partial charge in [-0.15, -0.1) is 0 Å². The minimum Gasteiger partial charge on any atom is -0.493 e. The van der Waals surface area contributed by atoms with Crippen LogP contribution in [0.5, 0.6) is 23.0 Å². The molecule has 0 unspecified atom stereocenters. The highest BCUT2D eigenvalue weighted by Crippen LogP contribution is 2.44. The van der Waals surface area contributed by atoms with E-state index in [1.807, 2.05) is 0 Å². The van der Waals surface area contributed by atoms with Gasteiger partial charge in [-0.25, -0.2) is 0 Å². The van der Waals surface area contributed by atoms with E-state index in [4.69, 9.17) is 18.9 Å². The van der Waals surface area contributed by atoms with Crippen molar-refractivity contribution in [3.05, 3.63) is 81.9 Å². The first-order valence-electron chi connectivity index (χ1n) is 11.9. The lowest BCUT2D eigenvalue weighted by atomic mass is 9.86. The largest absolute Gasteiger partial charge is 0.493 e. The van der Waals surface area contributed by atoms with Crippen LogP contribution in [-0.2, 0) is 18.8 Å². The predicted molar refractivity (Wildman–Crippen MR) is 132 cm³/mol. The first-order valence-corrected chi connectivity index (χ1v) is 11.9. The molecule has 0 saturated carbocycles. The van der Waals surface area contributed by atoms with Crippen molar-refractivity contribution in [3.8, 4) is 23.0 Å². The lowest BCUT2D eigenvalue weighted by Crippen LogP contribution is -2.41. The van der Waals surface area contributed by atoms with E-state index in [1.54, 1.807) is 30.3 Å². The lowest BCUT2D eigenvalue weighted by Gasteiger charge is -2.38. The summed E-state index contributed by atoms with van der Waals surface area (Å²) in [6.07, 6.45) is -9.94. The van der Waals surface area contributed by atoms with Gasteiger partial charge in [0, 0.05) is 12.1 Å². The molecule has 0 N–H and O–H groups in total. The summed E-state index contributed by atoms with van der Waals surface area (Å²) in [7, 11) is 5.73. The molecule has 0 spiro atoms. The predicted octanol–water partition coefficient (Wildman–Crippen LogP) is 6.55. The topological polar surface area (TPSA) is 57.2 Å². The third kappa shape index (κ3) is 5.47. The second-order valence-corrected chi connectivity index (χ2v) is 8.97. The average Bonchev–Trinajstić information content (AvgIpc) is 2.93. The lowest BCUT2D eigenvalue weighted by molar-refractivity contribution is -0.143. The number of rotatable bonds is 6. The van der Waals surface area contributed by atoms with E-state index in [-0.39, 0.29) is 19.0 Å². The summed E-state index contributed by atoms with van der Waals surface area (Å²) in [6.45, 7) is -0.00206. The Balaban J connectivity index is 1.92. The van der Waals surface area contributed by atoms with Crippen LogP contribution >= 0.6 is 0 Å². The maximum absolute atomic E-state index is 13.8. The molecule has 214 valence electrons. The van der Waals surface area contributed by atoms with Gasteiger partial charge in [0.05, 0.1) is 45.6 Å². The molecular formula is C28H25F6NO5. The minimum atomic E-state index is -5.10. The van der Waals surface area contributed by atoms with Gasteiger partial charge in [0.1, 0.15) is 0 Å². The molecule has 1 amide bonds. The van der Waals surface area contributed by atoms with Crippen LogP contribution in [0.1, 0.15) is 44.2 Å². The fourth-order valence-corrected chi connectivity index (χ4v) is 4.79. The van der Waals surface area contributed by atoms with Gasteiger partial charge >= 0.3 is 12.4 Å². The highest BCUT2D eigenvalue weighted by atomic mass is 19.4. The number of carbonyl (C=O) groups is 1. The molecule has 0 aliphatic carbocycles. The number of hydrogen-bond donors (Lipinski definition) is 0. The Morgan fingerprint density at radius 2 is 1.25 bits per heavy atom. The Hall–Kier alpha value is -4.09. The molecule has 3 aromatic rings. The maximum Gasteiger partial charge on any atom is 0.416 e. The summed E-state index contributed by atoms with van der Waals surface area (Å²) < 4.78 is 103. The van der Waals surface area contributed by atoms with E-state index in [0.29, 0.717) is 46.3 Å². The van der Waals surface area contributed by atoms with Crippen LogP contribution in [0.2, 0.25) is 0 Å². The molecule has 1 aliphatic rings. The SMILES string of the molecule is COc1ccc([C@H]2c3cc(OC)c(OC)cc3CCN2C(=O)c2cc(C(F)(F)F)cc(C(F)(F)F)c2)cc1OC. The zero-order chi connectivity index (χ0) is 29.4. The van der Waals surface area contributed by atoms with Crippen molar-refractivity contribution in [1.82, 2.24) is 4.90 Å². The third-order valence-electron chi connectivity index (χ3n) is 6.69. The fourth-order valence-electron chi connectivity index (χ4n) is 4.79. The number of methoxy groups -OCH3 is 4. The highest BCUT2D eigenvalue weighted by molar-refractivity contribution is 5.95. The normalized spacial score (nSPS) is 15.3. The van der Waals surface area contributed by atoms with Crippen LogP contribution < -0.4 is 18.9 Å². The number of ether oxygens (including phenoxy) is 4. The first-order chi connectivity index (χ1) is 18.8. The summed E-state index contributed by atoms with van der Waals surface area (Å²) in [4.78, 5) is 15.0. The van der Waals surface area contributed by atoms with Crippen LogP contribution in [0.4, 0.5) is 26.3 Å². The van der Waals surface area contributed by atoms with E-state index in [1.165, 1.54) is 33.3 Å². The number of nitrogens with zero attached hydrogens (tertiary/aromatic N) is 1. The standard InChI is InChI=1S/C28H25F6NO5/c1-37-21-6-5-16(12-22(21)38-2)25-20-14-24(40-4)23(39-3)11-15(20)7-8-35(25)26(36)17-9-18(27(29,30)31)13-19(10-17)28(32,33)34/h5-6,9-14,25H,7-8H2,1-4H3/t25-/m0/s1. The molecule has 3 aromatic carbocycles. The molecular weight excluding hydrogens is 544 g/mol. The summed E-state index contributed by atoms with van der Waals surface area (Å²) in [6, 6.07) is 8.16. The van der Waals surface area contributed by atoms with E-state index in [0.717, 1.165) is 5.56 Å². The second kappa shape index (κ2) is 10.8. The zero-order valence-electron chi connectivity index (χ0n) is 21.9. The van der Waals surface area contributed by atoms with Crippen molar-refractivity contribution in [2.24, 2.45) is 0 Å². The van der Waals surface area contributed by atoms with Crippen molar-refractivity contribution >= 4 is 5.91 Å². The third-order valence-corrected chi connectivity index (χ3v) is 6.69. The van der Waals surface area contributed by atoms with Crippen molar-refractivity contribution in [1.29, 1.82) is 0 Å². The highest BCUT2D eigenvalue weighted by Gasteiger charge is 2.40. The number of fused-ring (bicyclic) bond motifs is 1. The maximum atomic E-state index is 13.8. The smallest absolute Gasteiger partial charge is 0.416 e. The Morgan fingerprint density at radius 3 is 1.77 bits per heavy atom. The molecule has 1 heterocycles. The quantitative estimate of drug-likeness (QED) is 0.316. The number of benzene rings is 3. The molecule has 1 aliphatic heterocycles. The van der Waals surface area contributed by atoms with Gasteiger partial charge < -0.3 is 23.8 Å². The summed E-state index contributed by atoms with van der Waals surface area (Å²) in [5, 5.41) is 0. The Kier molecular flexibility index (Phi) is 7.82. The minimum absolute atomic E-state index is 0.00206. The van der Waals surface area contributed by atoms with E-state index in [2.05, 4.69) is 0 Å². The first kappa shape index (κ1) is 28.9. The van der Waals surface area contributed by atoms with Gasteiger partial charge in [-0.1, -0.05) is 6.07 Å². The van der Waals surface area contributed by atoms with E-state index >= 15 is 0 Å². The monoisotopic (exact) mass is 569 g/mol. The van der Waals surface area contributed by atoms with Gasteiger partial charge in [-0.3, -0.25) is 4.79 Å². The molecule has 40 heavy (non-hydrogen) atoms. The van der Waals surface area contributed by atoms with Crippen LogP contribution in [0.15, 0.2) is 48.5 Å². The van der Waals surface area contributed by atoms with Crippen molar-refractivity contribution in [2.75, 3.05) is 35.0 Å². The van der Waals surface area contributed by atoms with Crippen LogP contribution in [-0.4, -0.2) is 45.8 Å². The summed E-state index contributed by atoms with van der Waals surface area (Å²) in [5.41, 5.74) is -2.07. The van der Waals surface area contributed by atoms with Gasteiger partial charge in [0.2, 0.25) is 0 Å². The van der Waals surface area contributed by atoms with E-state index in [9.17, 15) is 31.1 Å². The van der Waals surface area contributed by atoms with Gasteiger partial charge in [0.15, 0.2) is 23.0 Å². The average molecular weight is 569 g/mol. The van der Waals surface area contributed by atoms with Gasteiger partial charge in [0.25, 0.3) is 5.91 Å². The van der Waals surface area contributed by atoms with Crippen LogP contribution in [0.3, 0.4) is 0 Å². The molecule has 12 heteroatoms. The number of carbonyl (C=O) groups excluding carboxylic acids is 1. The number of amides is 1. The molecule has 6 nitrogen and oxygen atoms in total. The van der Waals surface area contributed by atoms with E-state index < -0.39 is 41.0 Å². The molecule has 0 saturated heterocycles. The van der Waals surface area contributed by atoms with Crippen LogP contribution in [0.25, 0.3) is 0 Å². The number of halogens is 6. The molecule has 0 bridgehead atoms. The zero-order valence-corrected chi connectivity index (χ0v) is 21.9. The molecule has 0 aromatic heterocycles. The second-order valence-electron chi connectivity index (χ2n) is 8.97. The van der Waals surface area contributed by atoms with Gasteiger partial charge in [-0.05, 0) is 65.6 Å². The molecule has 1 atom stereocenters. The van der Waals surface area contributed by atoms with Crippen molar-refractivity contribution in [2.45, 2.75) is 24.8 Å². The number of hydrogen-bond acceptors (Lipinski definition) is 5. The Bertz CT molecular complexity index is 1390. The van der Waals surface area contributed by atoms with Crippen LogP contribution in [0, 0.1) is 0 Å². The van der Waals surface area contributed by atoms with Crippen molar-refractivity contribution in [3.63, 3.8) is 0 Å². The Morgan fingerprint density at radius 1 is 0.725 bits per heavy atom. The Labute approximate surface area is 226 Å². The molecule has 0 radical (unpaired) electrons. The van der Waals surface area contributed by atoms with Crippen molar-refractivity contribution < 1.29 is 50.1 Å². The summed E-state index contributed by atoms with van der Waals surface area (Å²) >= 11 is 0. The molecule has 0 fully saturated rings. The number of alkyl halides is 6. The van der Waals surface area contributed by atoms with Gasteiger partial charge in [-0.2, -0.15) is 26.3 Å². The summed E-state index contributed by atoms with van der Waals surface area (Å²) in [5.74, 6) is 0.467. The fraction of sp³-hybridized carbons (Fsp3) is 0.321.